The topological polar surface area (TPSA) is 65.0 Å². The van der Waals surface area contributed by atoms with Gasteiger partial charge in [0.2, 0.25) is 0 Å². The lowest BCUT2D eigenvalue weighted by Crippen LogP contribution is -2.45. The molecule has 0 spiro atoms. The van der Waals surface area contributed by atoms with Crippen molar-refractivity contribution in [3.63, 3.8) is 0 Å². The van der Waals surface area contributed by atoms with E-state index in [1.54, 1.807) is 45.0 Å². The second-order valence-corrected chi connectivity index (χ2v) is 6.01. The number of esters is 1. The van der Waals surface area contributed by atoms with Gasteiger partial charge in [-0.25, -0.2) is 4.79 Å². The van der Waals surface area contributed by atoms with Gasteiger partial charge in [0.1, 0.15) is 18.5 Å². The van der Waals surface area contributed by atoms with E-state index in [-0.39, 0.29) is 13.2 Å². The Morgan fingerprint density at radius 3 is 2.27 bits per heavy atom. The molecule has 0 aromatic heterocycles. The third-order valence-electron chi connectivity index (χ3n) is 4.09. The van der Waals surface area contributed by atoms with Gasteiger partial charge < -0.3 is 19.3 Å². The van der Waals surface area contributed by atoms with Crippen molar-refractivity contribution < 1.29 is 24.1 Å². The van der Waals surface area contributed by atoms with E-state index in [0.717, 1.165) is 5.56 Å². The molecule has 2 atom stereocenters. The van der Waals surface area contributed by atoms with Crippen LogP contribution in [0.5, 0.6) is 5.75 Å². The summed E-state index contributed by atoms with van der Waals surface area (Å²) in [6.45, 7) is 5.99. The zero-order valence-corrected chi connectivity index (χ0v) is 15.5. The molecule has 0 heterocycles. The molecule has 26 heavy (non-hydrogen) atoms. The normalized spacial score (nSPS) is 14.3. The highest BCUT2D eigenvalue weighted by molar-refractivity contribution is 5.80. The number of hydrogen-bond donors (Lipinski definition) is 1. The Kier molecular flexibility index (Phi) is 7.18. The van der Waals surface area contributed by atoms with Crippen molar-refractivity contribution in [1.82, 2.24) is 0 Å². The van der Waals surface area contributed by atoms with Crippen LogP contribution in [0.4, 0.5) is 0 Å². The highest BCUT2D eigenvalue weighted by atomic mass is 16.6. The lowest BCUT2D eigenvalue weighted by Gasteiger charge is -2.32. The summed E-state index contributed by atoms with van der Waals surface area (Å²) in [5.74, 6) is 0.0952. The van der Waals surface area contributed by atoms with E-state index >= 15 is 0 Å². The summed E-state index contributed by atoms with van der Waals surface area (Å²) in [7, 11) is 0. The molecule has 0 aliphatic carbocycles. The van der Waals surface area contributed by atoms with Gasteiger partial charge in [0.25, 0.3) is 0 Å². The van der Waals surface area contributed by atoms with Gasteiger partial charge in [0, 0.05) is 6.61 Å². The first-order valence-corrected chi connectivity index (χ1v) is 8.77. The fraction of sp³-hybridized carbons (Fsp3) is 0.381. The maximum atomic E-state index is 12.3. The summed E-state index contributed by atoms with van der Waals surface area (Å²) < 4.78 is 16.3. The number of benzene rings is 2. The van der Waals surface area contributed by atoms with Crippen molar-refractivity contribution in [2.24, 2.45) is 0 Å². The number of aliphatic hydroxyl groups is 1. The predicted octanol–water partition coefficient (Wildman–Crippen LogP) is 3.66. The maximum absolute atomic E-state index is 12.3. The third-order valence-corrected chi connectivity index (χ3v) is 4.09. The largest absolute Gasteiger partial charge is 0.489 e. The van der Waals surface area contributed by atoms with E-state index in [2.05, 4.69) is 0 Å². The molecule has 2 aromatic carbocycles. The molecular formula is C21H26O5. The molecule has 0 amide bonds. The minimum absolute atomic E-state index is 0.223. The smallest absolute Gasteiger partial charge is 0.341 e. The summed E-state index contributed by atoms with van der Waals surface area (Å²) in [6.07, 6.45) is -1.15. The van der Waals surface area contributed by atoms with Crippen molar-refractivity contribution in [1.29, 1.82) is 0 Å². The Bertz CT molecular complexity index is 683. The molecular weight excluding hydrogens is 332 g/mol. The number of ether oxygens (including phenoxy) is 3. The number of carbonyl (C=O) groups is 1. The van der Waals surface area contributed by atoms with E-state index < -0.39 is 17.7 Å². The van der Waals surface area contributed by atoms with Crippen molar-refractivity contribution in [3.8, 4) is 5.75 Å². The zero-order valence-electron chi connectivity index (χ0n) is 15.5. The summed E-state index contributed by atoms with van der Waals surface area (Å²) >= 11 is 0. The molecule has 0 aliphatic rings. The van der Waals surface area contributed by atoms with Gasteiger partial charge in [-0.15, -0.1) is 0 Å². The lowest BCUT2D eigenvalue weighted by molar-refractivity contribution is -0.185. The Morgan fingerprint density at radius 1 is 1.04 bits per heavy atom. The molecule has 5 heteroatoms. The fourth-order valence-corrected chi connectivity index (χ4v) is 2.63. The van der Waals surface area contributed by atoms with Gasteiger partial charge in [-0.3, -0.25) is 0 Å². The zero-order chi connectivity index (χ0) is 19.0. The van der Waals surface area contributed by atoms with E-state index in [0.29, 0.717) is 17.9 Å². The van der Waals surface area contributed by atoms with E-state index in [9.17, 15) is 9.90 Å². The van der Waals surface area contributed by atoms with Gasteiger partial charge in [0.05, 0.1) is 6.61 Å². The molecule has 2 unspecified atom stereocenters. The van der Waals surface area contributed by atoms with Crippen molar-refractivity contribution >= 4 is 5.97 Å². The highest BCUT2D eigenvalue weighted by Gasteiger charge is 2.44. The maximum Gasteiger partial charge on any atom is 0.341 e. The van der Waals surface area contributed by atoms with E-state index in [1.165, 1.54) is 0 Å². The van der Waals surface area contributed by atoms with Crippen LogP contribution in [0, 0.1) is 0 Å². The van der Waals surface area contributed by atoms with Gasteiger partial charge in [-0.2, -0.15) is 0 Å². The summed E-state index contributed by atoms with van der Waals surface area (Å²) in [5.41, 5.74) is 0.167. The van der Waals surface area contributed by atoms with Gasteiger partial charge in [-0.1, -0.05) is 42.5 Å². The van der Waals surface area contributed by atoms with E-state index in [1.807, 2.05) is 30.3 Å². The van der Waals surface area contributed by atoms with Crippen LogP contribution < -0.4 is 4.74 Å². The van der Waals surface area contributed by atoms with Crippen molar-refractivity contribution in [3.05, 3.63) is 65.7 Å². The third kappa shape index (κ3) is 4.84. The molecule has 2 rings (SSSR count). The first-order valence-electron chi connectivity index (χ1n) is 8.77. The van der Waals surface area contributed by atoms with Gasteiger partial charge >= 0.3 is 5.97 Å². The van der Waals surface area contributed by atoms with E-state index in [4.69, 9.17) is 14.2 Å². The van der Waals surface area contributed by atoms with Crippen LogP contribution in [-0.4, -0.2) is 29.9 Å². The average molecular weight is 358 g/mol. The van der Waals surface area contributed by atoms with Crippen LogP contribution in [0.25, 0.3) is 0 Å². The standard InChI is InChI=1S/C21H26O5/c1-4-24-20(23)21(3,26-5-2)19(22)17-11-13-18(14-12-17)25-15-16-9-7-6-8-10-16/h6-14,19,22H,4-5,15H2,1-3H3. The first kappa shape index (κ1) is 19.9. The predicted molar refractivity (Wildman–Crippen MR) is 98.8 cm³/mol. The van der Waals surface area contributed by atoms with Crippen LogP contribution in [0.3, 0.4) is 0 Å². The molecule has 140 valence electrons. The summed E-state index contributed by atoms with van der Waals surface area (Å²) in [6, 6.07) is 16.8. The monoisotopic (exact) mass is 358 g/mol. The molecule has 2 aromatic rings. The van der Waals surface area contributed by atoms with Crippen LogP contribution in [0.2, 0.25) is 0 Å². The number of rotatable bonds is 9. The minimum atomic E-state index is -1.46. The molecule has 0 fully saturated rings. The number of aliphatic hydroxyl groups excluding tert-OH is 1. The van der Waals surface area contributed by atoms with Crippen molar-refractivity contribution in [2.75, 3.05) is 13.2 Å². The highest BCUT2D eigenvalue weighted by Crippen LogP contribution is 2.31. The Labute approximate surface area is 154 Å². The average Bonchev–Trinajstić information content (AvgIpc) is 2.67. The van der Waals surface area contributed by atoms with Crippen LogP contribution in [0.15, 0.2) is 54.6 Å². The van der Waals surface area contributed by atoms with Gasteiger partial charge in [0.15, 0.2) is 5.60 Å². The van der Waals surface area contributed by atoms with Gasteiger partial charge in [-0.05, 0) is 44.0 Å². The number of hydrogen-bond acceptors (Lipinski definition) is 5. The SMILES string of the molecule is CCOC(=O)C(C)(OCC)C(O)c1ccc(OCc2ccccc2)cc1. The Morgan fingerprint density at radius 2 is 1.69 bits per heavy atom. The summed E-state index contributed by atoms with van der Waals surface area (Å²) in [5, 5.41) is 10.7. The molecule has 5 nitrogen and oxygen atoms in total. The quantitative estimate of drug-likeness (QED) is 0.693. The van der Waals surface area contributed by atoms with Crippen molar-refractivity contribution in [2.45, 2.75) is 39.1 Å². The Balaban J connectivity index is 2.08. The minimum Gasteiger partial charge on any atom is -0.489 e. The molecule has 0 saturated carbocycles. The lowest BCUT2D eigenvalue weighted by atomic mass is 9.92. The van der Waals surface area contributed by atoms with Crippen LogP contribution >= 0.6 is 0 Å². The molecule has 0 bridgehead atoms. The number of carbonyl (C=O) groups excluding carboxylic acids is 1. The second-order valence-electron chi connectivity index (χ2n) is 6.01. The molecule has 0 aliphatic heterocycles. The fourth-order valence-electron chi connectivity index (χ4n) is 2.63. The molecule has 0 radical (unpaired) electrons. The Hall–Kier alpha value is -2.37. The summed E-state index contributed by atoms with van der Waals surface area (Å²) in [4.78, 5) is 12.3. The first-order chi connectivity index (χ1) is 12.5. The second kappa shape index (κ2) is 9.36. The molecule has 1 N–H and O–H groups in total. The van der Waals surface area contributed by atoms with Crippen LogP contribution in [-0.2, 0) is 20.9 Å². The molecule has 0 saturated heterocycles. The van der Waals surface area contributed by atoms with Crippen LogP contribution in [0.1, 0.15) is 38.0 Å².